The molecule has 0 atom stereocenters. The highest BCUT2D eigenvalue weighted by atomic mass is 35.5. The van der Waals surface area contributed by atoms with Gasteiger partial charge in [-0.1, -0.05) is 67.1 Å². The first-order chi connectivity index (χ1) is 14.1. The molecule has 162 valence electrons. The molecular formula is C22H27Cl2N3O2S. The van der Waals surface area contributed by atoms with Gasteiger partial charge in [-0.3, -0.25) is 9.69 Å². The summed E-state index contributed by atoms with van der Waals surface area (Å²) < 4.78 is 6.27. The van der Waals surface area contributed by atoms with E-state index >= 15 is 0 Å². The van der Waals surface area contributed by atoms with Crippen LogP contribution in [0.5, 0.6) is 5.75 Å². The van der Waals surface area contributed by atoms with Crippen LogP contribution in [-0.2, 0) is 11.2 Å². The number of ether oxygens (including phenoxy) is 1. The van der Waals surface area contributed by atoms with Gasteiger partial charge in [0.25, 0.3) is 0 Å². The lowest BCUT2D eigenvalue weighted by Gasteiger charge is -2.24. The normalized spacial score (nSPS) is 10.8. The van der Waals surface area contributed by atoms with Crippen LogP contribution in [0.4, 0.5) is 5.13 Å². The third-order valence-electron chi connectivity index (χ3n) is 4.93. The lowest BCUT2D eigenvalue weighted by atomic mass is 10.1. The smallest absolute Gasteiger partial charge is 0.233 e. The summed E-state index contributed by atoms with van der Waals surface area (Å²) in [6, 6.07) is 13.4. The number of likely N-dealkylation sites (N-methyl/N-ethyl adjacent to an activating group) is 1. The Kier molecular flexibility index (Phi) is 9.37. The summed E-state index contributed by atoms with van der Waals surface area (Å²) in [5.74, 6) is 0.684. The minimum Gasteiger partial charge on any atom is -0.494 e. The second-order valence-corrected chi connectivity index (χ2v) is 8.04. The molecule has 0 aliphatic heterocycles. The number of amides is 1. The summed E-state index contributed by atoms with van der Waals surface area (Å²) in [7, 11) is 1.61. The Balaban J connectivity index is 0.00000320. The van der Waals surface area contributed by atoms with E-state index in [9.17, 15) is 4.79 Å². The van der Waals surface area contributed by atoms with Crippen LogP contribution in [0.25, 0.3) is 10.2 Å². The van der Waals surface area contributed by atoms with Crippen molar-refractivity contribution in [2.45, 2.75) is 20.3 Å². The molecule has 0 saturated heterocycles. The zero-order valence-electron chi connectivity index (χ0n) is 17.4. The number of halogens is 2. The molecule has 1 aromatic heterocycles. The first-order valence-electron chi connectivity index (χ1n) is 9.77. The van der Waals surface area contributed by atoms with E-state index in [1.165, 1.54) is 11.3 Å². The Morgan fingerprint density at radius 2 is 1.80 bits per heavy atom. The van der Waals surface area contributed by atoms with Crippen molar-refractivity contribution in [1.82, 2.24) is 9.88 Å². The quantitative estimate of drug-likeness (QED) is 0.428. The molecule has 0 spiro atoms. The molecule has 0 aliphatic carbocycles. The Bertz CT molecular complexity index is 962. The fourth-order valence-electron chi connectivity index (χ4n) is 3.20. The van der Waals surface area contributed by atoms with Crippen LogP contribution in [0.1, 0.15) is 19.4 Å². The largest absolute Gasteiger partial charge is 0.494 e. The van der Waals surface area contributed by atoms with Crippen molar-refractivity contribution in [1.29, 1.82) is 0 Å². The summed E-state index contributed by atoms with van der Waals surface area (Å²) in [4.78, 5) is 22.0. The molecule has 30 heavy (non-hydrogen) atoms. The van der Waals surface area contributed by atoms with Crippen molar-refractivity contribution in [3.63, 3.8) is 0 Å². The Morgan fingerprint density at radius 3 is 2.43 bits per heavy atom. The highest BCUT2D eigenvalue weighted by molar-refractivity contribution is 7.23. The summed E-state index contributed by atoms with van der Waals surface area (Å²) in [6.45, 7) is 7.50. The van der Waals surface area contributed by atoms with Crippen molar-refractivity contribution >= 4 is 56.6 Å². The molecule has 0 N–H and O–H groups in total. The van der Waals surface area contributed by atoms with Gasteiger partial charge in [0, 0.05) is 13.1 Å². The molecule has 5 nitrogen and oxygen atoms in total. The standard InChI is InChI=1S/C22H26ClN3O2S.ClH/c1-4-25(5-2)13-14-26(19(27)15-16-9-7-6-8-10-16)22-24-20-18(28-3)12-11-17(23)21(20)29-22;/h6-12H,4-5,13-15H2,1-3H3;1H. The lowest BCUT2D eigenvalue weighted by molar-refractivity contribution is -0.118. The maximum atomic E-state index is 13.2. The SMILES string of the molecule is CCN(CC)CCN(C(=O)Cc1ccccc1)c1nc2c(OC)ccc(Cl)c2s1.Cl. The van der Waals surface area contributed by atoms with Gasteiger partial charge in [-0.05, 0) is 30.8 Å². The number of methoxy groups -OCH3 is 1. The molecule has 0 radical (unpaired) electrons. The van der Waals surface area contributed by atoms with Gasteiger partial charge in [0.05, 0.1) is 23.3 Å². The van der Waals surface area contributed by atoms with E-state index in [0.29, 0.717) is 34.4 Å². The van der Waals surface area contributed by atoms with Gasteiger partial charge < -0.3 is 9.64 Å². The molecular weight excluding hydrogens is 441 g/mol. The van der Waals surface area contributed by atoms with Gasteiger partial charge in [0.15, 0.2) is 5.13 Å². The monoisotopic (exact) mass is 467 g/mol. The van der Waals surface area contributed by atoms with E-state index in [4.69, 9.17) is 21.3 Å². The zero-order valence-corrected chi connectivity index (χ0v) is 19.8. The molecule has 8 heteroatoms. The average molecular weight is 468 g/mol. The van der Waals surface area contributed by atoms with Crippen molar-refractivity contribution in [3.8, 4) is 5.75 Å². The molecule has 0 fully saturated rings. The van der Waals surface area contributed by atoms with Gasteiger partial charge in [-0.2, -0.15) is 0 Å². The van der Waals surface area contributed by atoms with Crippen LogP contribution in [0.2, 0.25) is 5.02 Å². The molecule has 3 aromatic rings. The molecule has 0 aliphatic rings. The maximum absolute atomic E-state index is 13.2. The highest BCUT2D eigenvalue weighted by Gasteiger charge is 2.22. The zero-order chi connectivity index (χ0) is 20.8. The van der Waals surface area contributed by atoms with E-state index in [1.54, 1.807) is 24.1 Å². The Labute approximate surface area is 193 Å². The van der Waals surface area contributed by atoms with Gasteiger partial charge in [-0.15, -0.1) is 12.4 Å². The number of benzene rings is 2. The van der Waals surface area contributed by atoms with E-state index in [1.807, 2.05) is 30.3 Å². The number of anilines is 1. The lowest BCUT2D eigenvalue weighted by Crippen LogP contribution is -2.39. The second-order valence-electron chi connectivity index (χ2n) is 6.66. The fourth-order valence-corrected chi connectivity index (χ4v) is 4.50. The van der Waals surface area contributed by atoms with Crippen LogP contribution in [-0.4, -0.2) is 49.1 Å². The number of hydrogen-bond acceptors (Lipinski definition) is 5. The number of fused-ring (bicyclic) bond motifs is 1. The minimum atomic E-state index is 0. The Morgan fingerprint density at radius 1 is 1.10 bits per heavy atom. The summed E-state index contributed by atoms with van der Waals surface area (Å²) in [5, 5.41) is 1.27. The predicted octanol–water partition coefficient (Wildman–Crippen LogP) is 5.30. The summed E-state index contributed by atoms with van der Waals surface area (Å²) >= 11 is 7.82. The number of nitrogens with zero attached hydrogens (tertiary/aromatic N) is 3. The Hall–Kier alpha value is -1.86. The van der Waals surface area contributed by atoms with E-state index in [2.05, 4.69) is 18.7 Å². The van der Waals surface area contributed by atoms with Crippen LogP contribution >= 0.6 is 35.3 Å². The van der Waals surface area contributed by atoms with Crippen molar-refractivity contribution in [2.75, 3.05) is 38.2 Å². The maximum Gasteiger partial charge on any atom is 0.233 e. The summed E-state index contributed by atoms with van der Waals surface area (Å²) in [5.41, 5.74) is 1.68. The van der Waals surface area contributed by atoms with Crippen LogP contribution < -0.4 is 9.64 Å². The molecule has 2 aromatic carbocycles. The predicted molar refractivity (Wildman–Crippen MR) is 129 cm³/mol. The molecule has 0 unspecified atom stereocenters. The third kappa shape index (κ3) is 5.64. The number of hydrogen-bond donors (Lipinski definition) is 0. The number of carbonyl (C=O) groups is 1. The number of rotatable bonds is 9. The number of thiazole rings is 1. The molecule has 1 amide bonds. The second kappa shape index (κ2) is 11.5. The molecule has 1 heterocycles. The van der Waals surface area contributed by atoms with Gasteiger partial charge in [-0.25, -0.2) is 4.98 Å². The fraction of sp³-hybridized carbons (Fsp3) is 0.364. The van der Waals surface area contributed by atoms with Crippen molar-refractivity contribution in [2.24, 2.45) is 0 Å². The average Bonchev–Trinajstić information content (AvgIpc) is 3.18. The van der Waals surface area contributed by atoms with Crippen molar-refractivity contribution in [3.05, 3.63) is 53.1 Å². The molecule has 3 rings (SSSR count). The molecule has 0 bridgehead atoms. The van der Waals surface area contributed by atoms with Gasteiger partial charge in [0.1, 0.15) is 11.3 Å². The minimum absolute atomic E-state index is 0. The van der Waals surface area contributed by atoms with Crippen LogP contribution in [0.3, 0.4) is 0 Å². The van der Waals surface area contributed by atoms with Gasteiger partial charge >= 0.3 is 0 Å². The first kappa shape index (κ1) is 24.4. The topological polar surface area (TPSA) is 45.7 Å². The molecule has 0 saturated carbocycles. The third-order valence-corrected chi connectivity index (χ3v) is 6.47. The van der Waals surface area contributed by atoms with Gasteiger partial charge in [0.2, 0.25) is 5.91 Å². The van der Waals surface area contributed by atoms with E-state index < -0.39 is 0 Å². The first-order valence-corrected chi connectivity index (χ1v) is 11.0. The van der Waals surface area contributed by atoms with Crippen LogP contribution in [0.15, 0.2) is 42.5 Å². The number of carbonyl (C=O) groups excluding carboxylic acids is 1. The van der Waals surface area contributed by atoms with Crippen LogP contribution in [0, 0.1) is 0 Å². The number of aromatic nitrogens is 1. The van der Waals surface area contributed by atoms with E-state index in [0.717, 1.165) is 29.9 Å². The van der Waals surface area contributed by atoms with E-state index in [-0.39, 0.29) is 18.3 Å². The van der Waals surface area contributed by atoms with Crippen molar-refractivity contribution < 1.29 is 9.53 Å². The highest BCUT2D eigenvalue weighted by Crippen LogP contribution is 2.38. The summed E-state index contributed by atoms with van der Waals surface area (Å²) in [6.07, 6.45) is 0.333.